The highest BCUT2D eigenvalue weighted by Gasteiger charge is 2.76. The Morgan fingerprint density at radius 2 is 1.74 bits per heavy atom. The van der Waals surface area contributed by atoms with E-state index >= 15 is 0 Å². The number of anilines is 2. The minimum atomic E-state index is -0.808. The molecule has 2 aromatic rings. The molecule has 2 aromatic carbocycles. The van der Waals surface area contributed by atoms with Gasteiger partial charge in [0.1, 0.15) is 6.04 Å². The molecule has 0 aromatic heterocycles. The summed E-state index contributed by atoms with van der Waals surface area (Å²) in [5.41, 5.74) is 1.25. The van der Waals surface area contributed by atoms with Crippen molar-refractivity contribution in [1.29, 1.82) is 0 Å². The largest absolute Gasteiger partial charge is 0.394 e. The molecule has 3 heterocycles. The number of fused-ring (bicyclic) bond motifs is 1. The number of hydrogen-bond acceptors (Lipinski definition) is 5. The number of carbonyl (C=O) groups is 3. The van der Waals surface area contributed by atoms with Crippen LogP contribution in [0.5, 0.6) is 0 Å². The van der Waals surface area contributed by atoms with E-state index in [2.05, 4.69) is 17.6 Å². The second-order valence-corrected chi connectivity index (χ2v) is 11.7. The van der Waals surface area contributed by atoms with Crippen LogP contribution in [0.15, 0.2) is 54.6 Å². The molecule has 3 aliphatic rings. The fraction of sp³-hybridized carbons (Fsp3) is 0.423. The Morgan fingerprint density at radius 1 is 1.11 bits per heavy atom. The van der Waals surface area contributed by atoms with Crippen molar-refractivity contribution in [2.75, 3.05) is 17.2 Å². The van der Waals surface area contributed by atoms with Crippen LogP contribution in [-0.2, 0) is 14.4 Å². The molecule has 3 N–H and O–H groups in total. The van der Waals surface area contributed by atoms with Crippen LogP contribution in [0.4, 0.5) is 11.4 Å². The van der Waals surface area contributed by atoms with Gasteiger partial charge in [-0.15, -0.1) is 11.8 Å². The molecule has 9 heteroatoms. The first-order valence-electron chi connectivity index (χ1n) is 11.8. The third-order valence-electron chi connectivity index (χ3n) is 7.63. The molecule has 184 valence electrons. The lowest BCUT2D eigenvalue weighted by atomic mass is 9.66. The number of aliphatic hydroxyl groups is 1. The van der Waals surface area contributed by atoms with Gasteiger partial charge in [0.2, 0.25) is 17.7 Å². The maximum Gasteiger partial charge on any atom is 0.248 e. The van der Waals surface area contributed by atoms with E-state index in [-0.39, 0.29) is 35.5 Å². The second-order valence-electron chi connectivity index (χ2n) is 9.68. The monoisotopic (exact) mass is 513 g/mol. The molecule has 3 unspecified atom stereocenters. The van der Waals surface area contributed by atoms with Crippen molar-refractivity contribution >= 4 is 52.5 Å². The first kappa shape index (κ1) is 24.2. The Kier molecular flexibility index (Phi) is 6.32. The maximum absolute atomic E-state index is 13.9. The molecule has 3 saturated heterocycles. The Labute approximate surface area is 213 Å². The Morgan fingerprint density at radius 3 is 2.40 bits per heavy atom. The van der Waals surface area contributed by atoms with Crippen molar-refractivity contribution < 1.29 is 19.5 Å². The van der Waals surface area contributed by atoms with Gasteiger partial charge in [-0.2, -0.15) is 0 Å². The number of aliphatic hydroxyl groups excluding tert-OH is 1. The van der Waals surface area contributed by atoms with Gasteiger partial charge >= 0.3 is 0 Å². The minimum absolute atomic E-state index is 0.0454. The molecule has 2 bridgehead atoms. The lowest BCUT2D eigenvalue weighted by Crippen LogP contribution is -2.56. The first-order valence-corrected chi connectivity index (χ1v) is 13.1. The summed E-state index contributed by atoms with van der Waals surface area (Å²) in [6.45, 7) is 3.52. The first-order chi connectivity index (χ1) is 16.8. The molecule has 3 fully saturated rings. The zero-order chi connectivity index (χ0) is 24.9. The third kappa shape index (κ3) is 3.82. The SMILES string of the molecule is CC1C[C@H]2SC13C(C(=O)Nc1ccc(Cl)cc1)N([C@H](C)CO)C(=O)[C@@H]3[C@H]2C(=O)Nc1ccccc1. The smallest absolute Gasteiger partial charge is 0.248 e. The molecule has 7 atom stereocenters. The Balaban J connectivity index is 1.51. The molecule has 0 radical (unpaired) electrons. The van der Waals surface area contributed by atoms with Gasteiger partial charge in [-0.1, -0.05) is 36.7 Å². The van der Waals surface area contributed by atoms with Gasteiger partial charge in [-0.3, -0.25) is 14.4 Å². The summed E-state index contributed by atoms with van der Waals surface area (Å²) in [4.78, 5) is 42.7. The number of thioether (sulfide) groups is 1. The van der Waals surface area contributed by atoms with Gasteiger partial charge in [-0.05, 0) is 55.7 Å². The molecule has 0 saturated carbocycles. The molecule has 7 nitrogen and oxygen atoms in total. The van der Waals surface area contributed by atoms with Gasteiger partial charge in [-0.25, -0.2) is 0 Å². The van der Waals surface area contributed by atoms with Crippen molar-refractivity contribution in [1.82, 2.24) is 4.90 Å². The number of nitrogens with one attached hydrogen (secondary N) is 2. The van der Waals surface area contributed by atoms with Gasteiger partial charge in [0.05, 0.1) is 29.2 Å². The van der Waals surface area contributed by atoms with Crippen molar-refractivity contribution in [2.24, 2.45) is 17.8 Å². The number of nitrogens with zero attached hydrogens (tertiary/aromatic N) is 1. The van der Waals surface area contributed by atoms with Crippen molar-refractivity contribution in [3.05, 3.63) is 59.6 Å². The highest BCUT2D eigenvalue weighted by Crippen LogP contribution is 2.68. The molecule has 3 amide bonds. The summed E-state index contributed by atoms with van der Waals surface area (Å²) < 4.78 is -0.750. The van der Waals surface area contributed by atoms with Gasteiger partial charge in [0.15, 0.2) is 0 Å². The minimum Gasteiger partial charge on any atom is -0.394 e. The maximum atomic E-state index is 13.9. The molecular formula is C26H28ClN3O4S. The quantitative estimate of drug-likeness (QED) is 0.548. The number of likely N-dealkylation sites (tertiary alicyclic amines) is 1. The van der Waals surface area contributed by atoms with Crippen LogP contribution < -0.4 is 10.6 Å². The summed E-state index contributed by atoms with van der Waals surface area (Å²) in [6.07, 6.45) is 0.743. The van der Waals surface area contributed by atoms with Gasteiger partial charge in [0, 0.05) is 21.6 Å². The summed E-state index contributed by atoms with van der Waals surface area (Å²) in [6, 6.07) is 14.6. The zero-order valence-electron chi connectivity index (χ0n) is 19.5. The predicted octanol–water partition coefficient (Wildman–Crippen LogP) is 3.64. The highest BCUT2D eigenvalue weighted by molar-refractivity contribution is 8.02. The molecule has 35 heavy (non-hydrogen) atoms. The van der Waals surface area contributed by atoms with Gasteiger partial charge in [0.25, 0.3) is 0 Å². The Hall–Kier alpha value is -2.55. The number of benzene rings is 2. The highest BCUT2D eigenvalue weighted by atomic mass is 35.5. The second kappa shape index (κ2) is 9.15. The van der Waals surface area contributed by atoms with E-state index in [1.54, 1.807) is 43.0 Å². The Bertz CT molecular complexity index is 1150. The van der Waals surface area contributed by atoms with Crippen molar-refractivity contribution in [3.63, 3.8) is 0 Å². The normalized spacial score (nSPS) is 31.8. The summed E-state index contributed by atoms with van der Waals surface area (Å²) in [5, 5.41) is 16.4. The molecule has 3 aliphatic heterocycles. The predicted molar refractivity (Wildman–Crippen MR) is 137 cm³/mol. The van der Waals surface area contributed by atoms with Crippen LogP contribution >= 0.6 is 23.4 Å². The fourth-order valence-electron chi connectivity index (χ4n) is 6.11. The van der Waals surface area contributed by atoms with E-state index in [0.29, 0.717) is 16.4 Å². The van der Waals surface area contributed by atoms with Crippen molar-refractivity contribution in [3.8, 4) is 0 Å². The summed E-state index contributed by atoms with van der Waals surface area (Å²) in [5.74, 6) is -1.89. The number of halogens is 1. The van der Waals surface area contributed by atoms with Crippen molar-refractivity contribution in [2.45, 2.75) is 42.3 Å². The van der Waals surface area contributed by atoms with E-state index in [0.717, 1.165) is 6.42 Å². The average molecular weight is 514 g/mol. The molecule has 1 spiro atoms. The third-order valence-corrected chi connectivity index (χ3v) is 9.95. The van der Waals surface area contributed by atoms with E-state index in [1.807, 2.05) is 30.3 Å². The van der Waals surface area contributed by atoms with Crippen LogP contribution in [0.2, 0.25) is 5.02 Å². The fourth-order valence-corrected chi connectivity index (χ4v) is 8.65. The number of hydrogen-bond donors (Lipinski definition) is 3. The van der Waals surface area contributed by atoms with Gasteiger partial charge < -0.3 is 20.6 Å². The zero-order valence-corrected chi connectivity index (χ0v) is 21.1. The summed E-state index contributed by atoms with van der Waals surface area (Å²) >= 11 is 7.59. The summed E-state index contributed by atoms with van der Waals surface area (Å²) in [7, 11) is 0. The lowest BCUT2D eigenvalue weighted by molar-refractivity contribution is -0.140. The topological polar surface area (TPSA) is 98.7 Å². The average Bonchev–Trinajstić information content (AvgIpc) is 3.44. The molecular weight excluding hydrogens is 486 g/mol. The lowest BCUT2D eigenvalue weighted by Gasteiger charge is -2.39. The number of rotatable bonds is 6. The van der Waals surface area contributed by atoms with E-state index in [9.17, 15) is 19.5 Å². The molecule has 0 aliphatic carbocycles. The number of carbonyl (C=O) groups excluding carboxylic acids is 3. The van der Waals surface area contributed by atoms with Crippen LogP contribution in [-0.4, -0.2) is 56.4 Å². The van der Waals surface area contributed by atoms with E-state index in [4.69, 9.17) is 11.6 Å². The van der Waals surface area contributed by atoms with Crippen LogP contribution in [0, 0.1) is 17.8 Å². The number of para-hydroxylation sites is 1. The van der Waals surface area contributed by atoms with E-state index in [1.165, 1.54) is 4.90 Å². The van der Waals surface area contributed by atoms with Crippen LogP contribution in [0.25, 0.3) is 0 Å². The number of amides is 3. The standard InChI is InChI=1S/C26H28ClN3O4S/c1-14-12-19-20(23(32)28-17-6-4-3-5-7-17)21-25(34)30(15(2)13-31)22(26(14,21)35-19)24(33)29-18-10-8-16(27)9-11-18/h3-11,14-15,19-22,31H,12-13H2,1-2H3,(H,28,32)(H,29,33)/t14?,15-,19-,20+,21+,22?,26?/m1/s1. The molecule has 5 rings (SSSR count). The van der Waals surface area contributed by atoms with E-state index < -0.39 is 28.7 Å². The van der Waals surface area contributed by atoms with Crippen LogP contribution in [0.3, 0.4) is 0 Å². The van der Waals surface area contributed by atoms with Crippen LogP contribution in [0.1, 0.15) is 20.3 Å².